The Morgan fingerprint density at radius 3 is 2.35 bits per heavy atom. The van der Waals surface area contributed by atoms with Crippen LogP contribution >= 0.6 is 0 Å². The summed E-state index contributed by atoms with van der Waals surface area (Å²) in [7, 11) is 0.595. The molecule has 2 fully saturated rings. The number of hydrogen-bond donors (Lipinski definition) is 1. The second-order valence-electron chi connectivity index (χ2n) is 7.61. The number of nitrogens with zero attached hydrogens (tertiary/aromatic N) is 3. The summed E-state index contributed by atoms with van der Waals surface area (Å²) in [6.07, 6.45) is 2.09. The zero-order valence-electron chi connectivity index (χ0n) is 15.6. The van der Waals surface area contributed by atoms with E-state index in [0.717, 1.165) is 5.69 Å². The molecule has 2 aliphatic rings. The van der Waals surface area contributed by atoms with Crippen LogP contribution in [-0.2, 0) is 10.0 Å². The third-order valence-corrected chi connectivity index (χ3v) is 6.89. The van der Waals surface area contributed by atoms with Crippen molar-refractivity contribution >= 4 is 21.6 Å². The number of aliphatic hydroxyl groups is 1. The average Bonchev–Trinajstić information content (AvgIpc) is 2.59. The Morgan fingerprint density at radius 1 is 1.15 bits per heavy atom. The molecule has 144 valence electrons. The average molecular weight is 381 g/mol. The van der Waals surface area contributed by atoms with Crippen molar-refractivity contribution in [3.8, 4) is 0 Å². The largest absolute Gasteiger partial charge is 0.389 e. The van der Waals surface area contributed by atoms with Crippen LogP contribution in [0.4, 0.5) is 5.69 Å². The van der Waals surface area contributed by atoms with Crippen LogP contribution in [0.1, 0.15) is 23.2 Å². The quantitative estimate of drug-likeness (QED) is 0.830. The predicted molar refractivity (Wildman–Crippen MR) is 101 cm³/mol. The minimum absolute atomic E-state index is 0.0752. The molecule has 2 aliphatic heterocycles. The van der Waals surface area contributed by atoms with Crippen molar-refractivity contribution in [1.29, 1.82) is 0 Å². The Labute approximate surface area is 155 Å². The maximum absolute atomic E-state index is 12.8. The van der Waals surface area contributed by atoms with Crippen molar-refractivity contribution in [2.75, 3.05) is 51.4 Å². The molecule has 0 aromatic heterocycles. The zero-order valence-corrected chi connectivity index (χ0v) is 16.4. The van der Waals surface area contributed by atoms with E-state index in [-0.39, 0.29) is 18.4 Å². The second kappa shape index (κ2) is 6.83. The Bertz CT molecular complexity index is 778. The number of hydrogen-bond acceptors (Lipinski definition) is 5. The molecular weight excluding hydrogens is 354 g/mol. The first kappa shape index (κ1) is 19.1. The van der Waals surface area contributed by atoms with Gasteiger partial charge in [-0.15, -0.1) is 0 Å². The lowest BCUT2D eigenvalue weighted by Gasteiger charge is -2.49. The molecule has 8 heteroatoms. The van der Waals surface area contributed by atoms with Gasteiger partial charge in [0.1, 0.15) is 0 Å². The highest BCUT2D eigenvalue weighted by Gasteiger charge is 2.47. The summed E-state index contributed by atoms with van der Waals surface area (Å²) in [4.78, 5) is 16.5. The Hall–Kier alpha value is -1.64. The molecule has 1 aromatic carbocycles. The predicted octanol–water partition coefficient (Wildman–Crippen LogP) is 0.611. The molecule has 0 spiro atoms. The zero-order chi connectivity index (χ0) is 19.1. The van der Waals surface area contributed by atoms with E-state index in [1.54, 1.807) is 4.90 Å². The highest BCUT2D eigenvalue weighted by Crippen LogP contribution is 2.36. The molecule has 0 bridgehead atoms. The molecular formula is C18H27N3O4S. The lowest BCUT2D eigenvalue weighted by atomic mass is 9.76. The molecule has 2 saturated heterocycles. The first-order valence-corrected chi connectivity index (χ1v) is 10.7. The van der Waals surface area contributed by atoms with Crippen LogP contribution in [0.15, 0.2) is 24.3 Å². The number of sulfonamides is 1. The molecule has 1 amide bonds. The molecule has 7 nitrogen and oxygen atoms in total. The number of fused-ring (bicyclic) bond motifs is 1. The SMILES string of the molecule is CN(C)c1ccc(C(=O)N2CCC3(O)CCN(S(C)(=O)=O)CC3C2)cc1. The fourth-order valence-corrected chi connectivity index (χ4v) is 4.72. The van der Waals surface area contributed by atoms with Gasteiger partial charge in [0.15, 0.2) is 0 Å². The molecule has 3 rings (SSSR count). The number of piperidine rings is 2. The van der Waals surface area contributed by atoms with Gasteiger partial charge in [0.2, 0.25) is 10.0 Å². The van der Waals surface area contributed by atoms with Crippen LogP contribution in [0, 0.1) is 5.92 Å². The van der Waals surface area contributed by atoms with Crippen LogP contribution in [0.25, 0.3) is 0 Å². The van der Waals surface area contributed by atoms with E-state index in [9.17, 15) is 18.3 Å². The van der Waals surface area contributed by atoms with Gasteiger partial charge in [-0.25, -0.2) is 12.7 Å². The van der Waals surface area contributed by atoms with Crippen molar-refractivity contribution in [3.63, 3.8) is 0 Å². The van der Waals surface area contributed by atoms with E-state index in [2.05, 4.69) is 0 Å². The van der Waals surface area contributed by atoms with Crippen LogP contribution in [0.2, 0.25) is 0 Å². The Balaban J connectivity index is 1.73. The van der Waals surface area contributed by atoms with E-state index >= 15 is 0 Å². The topological polar surface area (TPSA) is 81.2 Å². The van der Waals surface area contributed by atoms with Crippen LogP contribution in [0.3, 0.4) is 0 Å². The molecule has 0 aliphatic carbocycles. The number of carbonyl (C=O) groups is 1. The lowest BCUT2D eigenvalue weighted by molar-refractivity contribution is -0.0946. The first-order valence-electron chi connectivity index (χ1n) is 8.84. The van der Waals surface area contributed by atoms with Gasteiger partial charge in [0.25, 0.3) is 5.91 Å². The molecule has 2 atom stereocenters. The molecule has 1 N–H and O–H groups in total. The standard InChI is InChI=1S/C18H27N3O4S/c1-19(2)16-6-4-14(5-7-16)17(22)20-10-8-18(23)9-11-21(26(3,24)25)13-15(18)12-20/h4-7,15,23H,8-13H2,1-3H3. The number of likely N-dealkylation sites (tertiary alicyclic amines) is 1. The van der Waals surface area contributed by atoms with E-state index in [0.29, 0.717) is 38.0 Å². The highest BCUT2D eigenvalue weighted by atomic mass is 32.2. The van der Waals surface area contributed by atoms with Crippen molar-refractivity contribution in [2.24, 2.45) is 5.92 Å². The van der Waals surface area contributed by atoms with E-state index in [4.69, 9.17) is 0 Å². The number of rotatable bonds is 3. The summed E-state index contributed by atoms with van der Waals surface area (Å²) in [5.41, 5.74) is 0.745. The van der Waals surface area contributed by atoms with Gasteiger partial charge in [0.05, 0.1) is 11.9 Å². The van der Waals surface area contributed by atoms with Crippen molar-refractivity contribution in [2.45, 2.75) is 18.4 Å². The fraction of sp³-hybridized carbons (Fsp3) is 0.611. The van der Waals surface area contributed by atoms with Gasteiger partial charge in [-0.1, -0.05) is 0 Å². The van der Waals surface area contributed by atoms with Crippen molar-refractivity contribution < 1.29 is 18.3 Å². The van der Waals surface area contributed by atoms with Gasteiger partial charge in [-0.3, -0.25) is 4.79 Å². The van der Waals surface area contributed by atoms with Gasteiger partial charge >= 0.3 is 0 Å². The summed E-state index contributed by atoms with van der Waals surface area (Å²) in [6.45, 7) is 1.46. The highest BCUT2D eigenvalue weighted by molar-refractivity contribution is 7.88. The minimum Gasteiger partial charge on any atom is -0.389 e. The first-order chi connectivity index (χ1) is 12.1. The summed E-state index contributed by atoms with van der Waals surface area (Å²) >= 11 is 0. The third-order valence-electron chi connectivity index (χ3n) is 5.62. The van der Waals surface area contributed by atoms with E-state index in [1.807, 2.05) is 43.3 Å². The molecule has 1 aromatic rings. The van der Waals surface area contributed by atoms with Gasteiger partial charge in [0, 0.05) is 57.4 Å². The maximum Gasteiger partial charge on any atom is 0.253 e. The summed E-state index contributed by atoms with van der Waals surface area (Å²) in [5.74, 6) is -0.335. The number of benzene rings is 1. The molecule has 2 unspecified atom stereocenters. The number of amides is 1. The number of anilines is 1. The molecule has 0 saturated carbocycles. The smallest absolute Gasteiger partial charge is 0.253 e. The summed E-state index contributed by atoms with van der Waals surface area (Å²) in [5, 5.41) is 10.9. The van der Waals surface area contributed by atoms with Gasteiger partial charge < -0.3 is 14.9 Å². The summed E-state index contributed by atoms with van der Waals surface area (Å²) in [6, 6.07) is 7.42. The molecule has 0 radical (unpaired) electrons. The maximum atomic E-state index is 12.8. The fourth-order valence-electron chi connectivity index (χ4n) is 3.84. The van der Waals surface area contributed by atoms with Crippen LogP contribution in [-0.4, -0.2) is 80.8 Å². The normalized spacial score (nSPS) is 27.1. The van der Waals surface area contributed by atoms with Gasteiger partial charge in [-0.2, -0.15) is 0 Å². The third kappa shape index (κ3) is 3.72. The van der Waals surface area contributed by atoms with Crippen molar-refractivity contribution in [1.82, 2.24) is 9.21 Å². The van der Waals surface area contributed by atoms with Crippen LogP contribution < -0.4 is 4.90 Å². The van der Waals surface area contributed by atoms with E-state index in [1.165, 1.54) is 10.6 Å². The van der Waals surface area contributed by atoms with E-state index < -0.39 is 15.6 Å². The molecule has 26 heavy (non-hydrogen) atoms. The number of carbonyl (C=O) groups excluding carboxylic acids is 1. The Morgan fingerprint density at radius 2 is 1.77 bits per heavy atom. The van der Waals surface area contributed by atoms with Crippen LogP contribution in [0.5, 0.6) is 0 Å². The minimum atomic E-state index is -3.29. The monoisotopic (exact) mass is 381 g/mol. The second-order valence-corrected chi connectivity index (χ2v) is 9.60. The Kier molecular flexibility index (Phi) is 5.02. The van der Waals surface area contributed by atoms with Gasteiger partial charge in [-0.05, 0) is 37.1 Å². The summed E-state index contributed by atoms with van der Waals surface area (Å²) < 4.78 is 25.1. The lowest BCUT2D eigenvalue weighted by Crippen LogP contribution is -2.61. The molecule has 2 heterocycles. The van der Waals surface area contributed by atoms with Crippen molar-refractivity contribution in [3.05, 3.63) is 29.8 Å².